The van der Waals surface area contributed by atoms with Crippen LogP contribution in [0.4, 0.5) is 11.4 Å². The van der Waals surface area contributed by atoms with E-state index in [9.17, 15) is 19.7 Å². The number of nitro groups is 1. The van der Waals surface area contributed by atoms with Gasteiger partial charge >= 0.3 is 5.97 Å². The Morgan fingerprint density at radius 2 is 1.81 bits per heavy atom. The lowest BCUT2D eigenvalue weighted by molar-refractivity contribution is -0.383. The standard InChI is InChI=1S/C22H16N4O5S/c27-21(23-16-9-4-5-10-18(16)26(29)30)14-31-22(28)19-13-17(20-11-6-12-32-20)24-25(19)15-7-2-1-3-8-15/h1-13H,14H2,(H,23,27). The molecule has 0 spiro atoms. The maximum atomic E-state index is 12.8. The molecule has 4 rings (SSSR count). The van der Waals surface area contributed by atoms with Crippen LogP contribution in [0.5, 0.6) is 0 Å². The summed E-state index contributed by atoms with van der Waals surface area (Å²) in [6.07, 6.45) is 0. The summed E-state index contributed by atoms with van der Waals surface area (Å²) in [4.78, 5) is 36.4. The Hall–Kier alpha value is -4.31. The number of hydrogen-bond donors (Lipinski definition) is 1. The smallest absolute Gasteiger partial charge is 0.357 e. The van der Waals surface area contributed by atoms with Crippen molar-refractivity contribution in [2.75, 3.05) is 11.9 Å². The molecule has 32 heavy (non-hydrogen) atoms. The molecule has 0 radical (unpaired) electrons. The van der Waals surface area contributed by atoms with Crippen LogP contribution in [0.25, 0.3) is 16.3 Å². The molecule has 0 saturated heterocycles. The van der Waals surface area contributed by atoms with Crippen LogP contribution in [-0.2, 0) is 9.53 Å². The highest BCUT2D eigenvalue weighted by molar-refractivity contribution is 7.13. The fraction of sp³-hybridized carbons (Fsp3) is 0.0455. The first-order valence-electron chi connectivity index (χ1n) is 9.42. The molecule has 0 aliphatic heterocycles. The summed E-state index contributed by atoms with van der Waals surface area (Å²) < 4.78 is 6.63. The van der Waals surface area contributed by atoms with E-state index in [-0.39, 0.29) is 17.1 Å². The highest BCUT2D eigenvalue weighted by Gasteiger charge is 2.21. The Bertz CT molecular complexity index is 1270. The van der Waals surface area contributed by atoms with Crippen molar-refractivity contribution < 1.29 is 19.2 Å². The third-order valence-corrected chi connectivity index (χ3v) is 5.29. The van der Waals surface area contributed by atoms with Crippen LogP contribution >= 0.6 is 11.3 Å². The summed E-state index contributed by atoms with van der Waals surface area (Å²) in [7, 11) is 0. The zero-order valence-electron chi connectivity index (χ0n) is 16.5. The normalized spacial score (nSPS) is 10.5. The van der Waals surface area contributed by atoms with Crippen LogP contribution < -0.4 is 5.32 Å². The summed E-state index contributed by atoms with van der Waals surface area (Å²) >= 11 is 1.48. The number of nitrogens with one attached hydrogen (secondary N) is 1. The van der Waals surface area contributed by atoms with Crippen LogP contribution in [0.15, 0.2) is 78.2 Å². The number of thiophene rings is 1. The average Bonchev–Trinajstić information content (AvgIpc) is 3.48. The zero-order chi connectivity index (χ0) is 22.5. The molecule has 160 valence electrons. The number of carbonyl (C=O) groups excluding carboxylic acids is 2. The van der Waals surface area contributed by atoms with Gasteiger partial charge in [-0.1, -0.05) is 36.4 Å². The first-order valence-corrected chi connectivity index (χ1v) is 10.3. The third-order valence-electron chi connectivity index (χ3n) is 4.40. The van der Waals surface area contributed by atoms with Crippen LogP contribution in [0.1, 0.15) is 10.5 Å². The Morgan fingerprint density at radius 1 is 1.06 bits per heavy atom. The Balaban J connectivity index is 1.52. The lowest BCUT2D eigenvalue weighted by Crippen LogP contribution is -2.22. The third kappa shape index (κ3) is 4.55. The molecular formula is C22H16N4O5S. The van der Waals surface area contributed by atoms with Crippen molar-refractivity contribution >= 4 is 34.6 Å². The van der Waals surface area contributed by atoms with Gasteiger partial charge in [0.2, 0.25) is 0 Å². The van der Waals surface area contributed by atoms with Gasteiger partial charge in [-0.25, -0.2) is 9.48 Å². The van der Waals surface area contributed by atoms with E-state index in [1.807, 2.05) is 35.7 Å². The van der Waals surface area contributed by atoms with Crippen molar-refractivity contribution in [2.24, 2.45) is 0 Å². The molecule has 0 fully saturated rings. The molecule has 0 atom stereocenters. The number of aromatic nitrogens is 2. The molecule has 2 heterocycles. The summed E-state index contributed by atoms with van der Waals surface area (Å²) in [5.74, 6) is -1.45. The van der Waals surface area contributed by atoms with Gasteiger partial charge in [-0.05, 0) is 29.6 Å². The lowest BCUT2D eigenvalue weighted by Gasteiger charge is -2.08. The summed E-state index contributed by atoms with van der Waals surface area (Å²) in [6.45, 7) is -0.612. The Labute approximate surface area is 186 Å². The van der Waals surface area contributed by atoms with Crippen molar-refractivity contribution in [3.63, 3.8) is 0 Å². The minimum Gasteiger partial charge on any atom is -0.451 e. The molecule has 4 aromatic rings. The molecule has 2 aromatic heterocycles. The number of anilines is 1. The van der Waals surface area contributed by atoms with E-state index in [1.54, 1.807) is 24.3 Å². The number of nitrogens with zero attached hydrogens (tertiary/aromatic N) is 3. The Morgan fingerprint density at radius 3 is 2.53 bits per heavy atom. The first kappa shape index (κ1) is 20.9. The number of ether oxygens (including phenoxy) is 1. The van der Waals surface area contributed by atoms with Crippen LogP contribution in [0.2, 0.25) is 0 Å². The second kappa shape index (κ2) is 9.23. The molecule has 2 aromatic carbocycles. The van der Waals surface area contributed by atoms with Gasteiger partial charge in [0.05, 0.1) is 15.5 Å². The quantitative estimate of drug-likeness (QED) is 0.256. The number of rotatable bonds is 7. The molecule has 0 aliphatic rings. The van der Waals surface area contributed by atoms with Crippen molar-refractivity contribution in [2.45, 2.75) is 0 Å². The lowest BCUT2D eigenvalue weighted by atomic mass is 10.2. The fourth-order valence-corrected chi connectivity index (χ4v) is 3.65. The summed E-state index contributed by atoms with van der Waals surface area (Å²) in [5.41, 5.74) is 1.17. The van der Waals surface area contributed by atoms with Gasteiger partial charge in [-0.2, -0.15) is 5.10 Å². The number of amides is 1. The van der Waals surface area contributed by atoms with E-state index in [4.69, 9.17) is 4.74 Å². The molecule has 9 nitrogen and oxygen atoms in total. The second-order valence-corrected chi connectivity index (χ2v) is 7.49. The number of carbonyl (C=O) groups is 2. The van der Waals surface area contributed by atoms with Gasteiger partial charge < -0.3 is 10.1 Å². The van der Waals surface area contributed by atoms with Crippen molar-refractivity contribution in [1.29, 1.82) is 0 Å². The van der Waals surface area contributed by atoms with Gasteiger partial charge in [-0.3, -0.25) is 14.9 Å². The number of esters is 1. The number of benzene rings is 2. The fourth-order valence-electron chi connectivity index (χ4n) is 2.97. The Kier molecular flexibility index (Phi) is 6.04. The molecule has 1 N–H and O–H groups in total. The van der Waals surface area contributed by atoms with E-state index in [0.29, 0.717) is 11.4 Å². The van der Waals surface area contributed by atoms with Crippen molar-refractivity contribution in [1.82, 2.24) is 9.78 Å². The van der Waals surface area contributed by atoms with Gasteiger partial charge in [0.15, 0.2) is 12.3 Å². The molecule has 10 heteroatoms. The summed E-state index contributed by atoms with van der Waals surface area (Å²) in [6, 6.07) is 20.1. The van der Waals surface area contributed by atoms with Gasteiger partial charge in [0.1, 0.15) is 11.4 Å². The van der Waals surface area contributed by atoms with Crippen LogP contribution in [-0.4, -0.2) is 33.2 Å². The number of hydrogen-bond acceptors (Lipinski definition) is 7. The minimum absolute atomic E-state index is 0.0212. The van der Waals surface area contributed by atoms with E-state index in [1.165, 1.54) is 34.2 Å². The number of para-hydroxylation sites is 3. The monoisotopic (exact) mass is 448 g/mol. The first-order chi connectivity index (χ1) is 15.5. The molecule has 0 unspecified atom stereocenters. The van der Waals surface area contributed by atoms with Gasteiger partial charge in [0, 0.05) is 12.1 Å². The predicted molar refractivity (Wildman–Crippen MR) is 119 cm³/mol. The topological polar surface area (TPSA) is 116 Å². The zero-order valence-corrected chi connectivity index (χ0v) is 17.3. The van der Waals surface area contributed by atoms with Crippen molar-refractivity contribution in [3.05, 3.63) is 94.0 Å². The van der Waals surface area contributed by atoms with E-state index >= 15 is 0 Å². The largest absolute Gasteiger partial charge is 0.451 e. The average molecular weight is 448 g/mol. The second-order valence-electron chi connectivity index (χ2n) is 6.54. The molecule has 0 bridgehead atoms. The predicted octanol–water partition coefficient (Wildman–Crippen LogP) is 4.30. The molecule has 0 aliphatic carbocycles. The maximum absolute atomic E-state index is 12.8. The number of nitro benzene ring substituents is 1. The molecule has 0 saturated carbocycles. The van der Waals surface area contributed by atoms with E-state index < -0.39 is 23.4 Å². The minimum atomic E-state index is -0.748. The highest BCUT2D eigenvalue weighted by Crippen LogP contribution is 2.26. The maximum Gasteiger partial charge on any atom is 0.357 e. The summed E-state index contributed by atoms with van der Waals surface area (Å²) in [5, 5.41) is 19.9. The van der Waals surface area contributed by atoms with Gasteiger partial charge in [0.25, 0.3) is 11.6 Å². The van der Waals surface area contributed by atoms with Crippen LogP contribution in [0.3, 0.4) is 0 Å². The molecule has 1 amide bonds. The highest BCUT2D eigenvalue weighted by atomic mass is 32.1. The van der Waals surface area contributed by atoms with E-state index in [0.717, 1.165) is 4.88 Å². The van der Waals surface area contributed by atoms with Crippen LogP contribution in [0, 0.1) is 10.1 Å². The van der Waals surface area contributed by atoms with Crippen molar-refractivity contribution in [3.8, 4) is 16.3 Å². The van der Waals surface area contributed by atoms with Gasteiger partial charge in [-0.15, -0.1) is 11.3 Å². The molecular weight excluding hydrogens is 432 g/mol. The SMILES string of the molecule is O=C(COC(=O)c1cc(-c2cccs2)nn1-c1ccccc1)Nc1ccccc1[N+](=O)[O-]. The van der Waals surface area contributed by atoms with E-state index in [2.05, 4.69) is 10.4 Å².